The molecule has 3 rings (SSSR count). The summed E-state index contributed by atoms with van der Waals surface area (Å²) >= 11 is 0. The van der Waals surface area contributed by atoms with Crippen molar-refractivity contribution >= 4 is 12.0 Å². The van der Waals surface area contributed by atoms with Gasteiger partial charge in [-0.3, -0.25) is 4.79 Å². The van der Waals surface area contributed by atoms with Gasteiger partial charge in [0, 0.05) is 11.6 Å². The second-order valence-electron chi connectivity index (χ2n) is 5.97. The summed E-state index contributed by atoms with van der Waals surface area (Å²) in [5.74, 6) is 0.185. The van der Waals surface area contributed by atoms with Crippen LogP contribution in [0.5, 0.6) is 0 Å². The lowest BCUT2D eigenvalue weighted by atomic mass is 10.0. The maximum Gasteiger partial charge on any atom is 0.244 e. The van der Waals surface area contributed by atoms with Crippen LogP contribution in [0.4, 0.5) is 4.39 Å². The molecule has 2 N–H and O–H groups in total. The summed E-state index contributed by atoms with van der Waals surface area (Å²) in [6, 6.07) is 10.1. The van der Waals surface area contributed by atoms with Gasteiger partial charge in [0.2, 0.25) is 5.91 Å². The zero-order valence-electron chi connectivity index (χ0n) is 13.9. The van der Waals surface area contributed by atoms with Gasteiger partial charge in [-0.1, -0.05) is 12.1 Å². The van der Waals surface area contributed by atoms with Gasteiger partial charge < -0.3 is 19.4 Å². The lowest BCUT2D eigenvalue weighted by molar-refractivity contribution is -0.937. The third-order valence-electron chi connectivity index (χ3n) is 4.32. The Morgan fingerprint density at radius 3 is 2.68 bits per heavy atom. The first-order valence-corrected chi connectivity index (χ1v) is 8.39. The number of rotatable bonds is 6. The fourth-order valence-electron chi connectivity index (χ4n) is 2.98. The summed E-state index contributed by atoms with van der Waals surface area (Å²) in [6.07, 6.45) is 4.64. The van der Waals surface area contributed by atoms with Crippen LogP contribution in [0.25, 0.3) is 6.08 Å². The van der Waals surface area contributed by atoms with E-state index in [1.807, 2.05) is 0 Å². The molecular weight excluding hydrogens is 323 g/mol. The molecule has 132 valence electrons. The molecule has 1 amide bonds. The van der Waals surface area contributed by atoms with Crippen LogP contribution in [0.1, 0.15) is 17.4 Å². The molecule has 0 radical (unpaired) electrons. The molecule has 0 spiro atoms. The van der Waals surface area contributed by atoms with Crippen molar-refractivity contribution in [3.8, 4) is 0 Å². The average molecular weight is 345 g/mol. The van der Waals surface area contributed by atoms with Crippen LogP contribution in [0.2, 0.25) is 0 Å². The molecule has 2 heterocycles. The highest BCUT2D eigenvalue weighted by molar-refractivity contribution is 5.91. The third kappa shape index (κ3) is 5.01. The van der Waals surface area contributed by atoms with E-state index in [0.717, 1.165) is 18.7 Å². The molecule has 1 aliphatic heterocycles. The smallest absolute Gasteiger partial charge is 0.244 e. The van der Waals surface area contributed by atoms with Gasteiger partial charge in [0.15, 0.2) is 0 Å². The number of carbonyl (C=O) groups excluding carboxylic acids is 1. The van der Waals surface area contributed by atoms with Crippen molar-refractivity contribution in [2.45, 2.75) is 6.04 Å². The molecule has 0 aliphatic carbocycles. The fraction of sp³-hybridized carbons (Fsp3) is 0.316. The maximum atomic E-state index is 13.2. The summed E-state index contributed by atoms with van der Waals surface area (Å²) in [4.78, 5) is 13.4. The summed E-state index contributed by atoms with van der Waals surface area (Å²) < 4.78 is 23.8. The van der Waals surface area contributed by atoms with Crippen molar-refractivity contribution in [3.63, 3.8) is 0 Å². The number of hydrogen-bond acceptors (Lipinski definition) is 3. The van der Waals surface area contributed by atoms with E-state index in [1.165, 1.54) is 23.1 Å². The largest absolute Gasteiger partial charge is 0.465 e. The Hall–Kier alpha value is -2.44. The molecule has 1 aromatic carbocycles. The highest BCUT2D eigenvalue weighted by atomic mass is 19.1. The average Bonchev–Trinajstić information content (AvgIpc) is 3.16. The first-order valence-electron chi connectivity index (χ1n) is 8.39. The van der Waals surface area contributed by atoms with E-state index in [2.05, 4.69) is 5.32 Å². The van der Waals surface area contributed by atoms with Crippen LogP contribution in [0.15, 0.2) is 53.2 Å². The highest BCUT2D eigenvalue weighted by Gasteiger charge is 2.26. The molecule has 1 aliphatic rings. The molecule has 25 heavy (non-hydrogen) atoms. The van der Waals surface area contributed by atoms with Crippen molar-refractivity contribution in [2.75, 3.05) is 32.8 Å². The van der Waals surface area contributed by atoms with E-state index in [1.54, 1.807) is 36.6 Å². The van der Waals surface area contributed by atoms with Crippen LogP contribution in [-0.4, -0.2) is 38.8 Å². The zero-order valence-corrected chi connectivity index (χ0v) is 13.9. The number of furan rings is 1. The Labute approximate surface area is 146 Å². The summed E-state index contributed by atoms with van der Waals surface area (Å²) in [5, 5.41) is 2.93. The Morgan fingerprint density at radius 1 is 1.24 bits per heavy atom. The van der Waals surface area contributed by atoms with Crippen LogP contribution >= 0.6 is 0 Å². The number of amides is 1. The number of halogens is 1. The Bertz CT molecular complexity index is 692. The first-order chi connectivity index (χ1) is 12.2. The molecule has 1 aromatic heterocycles. The first kappa shape index (κ1) is 17.4. The molecule has 6 heteroatoms. The van der Waals surface area contributed by atoms with E-state index in [0.29, 0.717) is 25.5 Å². The summed E-state index contributed by atoms with van der Waals surface area (Å²) in [6.45, 7) is 3.58. The van der Waals surface area contributed by atoms with Crippen molar-refractivity contribution in [1.82, 2.24) is 5.32 Å². The van der Waals surface area contributed by atoms with Gasteiger partial charge in [-0.25, -0.2) is 4.39 Å². The number of quaternary nitrogens is 1. The van der Waals surface area contributed by atoms with E-state index in [-0.39, 0.29) is 17.8 Å². The number of benzene rings is 1. The number of carbonyl (C=O) groups is 1. The zero-order chi connectivity index (χ0) is 17.5. The van der Waals surface area contributed by atoms with Gasteiger partial charge in [0.25, 0.3) is 0 Å². The molecule has 1 atom stereocenters. The SMILES string of the molecule is O=C(/C=C/c1ccco1)NC[C@H](c1ccc(F)cc1)[NH+]1CCOCC1. The number of nitrogens with one attached hydrogen (secondary N) is 2. The topological polar surface area (TPSA) is 55.9 Å². The van der Waals surface area contributed by atoms with Crippen LogP contribution in [-0.2, 0) is 9.53 Å². The van der Waals surface area contributed by atoms with E-state index in [9.17, 15) is 9.18 Å². The molecule has 0 saturated carbocycles. The van der Waals surface area contributed by atoms with Crippen molar-refractivity contribution in [3.05, 3.63) is 65.9 Å². The van der Waals surface area contributed by atoms with Crippen molar-refractivity contribution in [2.24, 2.45) is 0 Å². The predicted octanol–water partition coefficient (Wildman–Crippen LogP) is 1.20. The summed E-state index contributed by atoms with van der Waals surface area (Å²) in [7, 11) is 0. The Balaban J connectivity index is 1.64. The lowest BCUT2D eigenvalue weighted by Crippen LogP contribution is -3.15. The quantitative estimate of drug-likeness (QED) is 0.774. The number of ether oxygens (including phenoxy) is 1. The Morgan fingerprint density at radius 2 is 2.00 bits per heavy atom. The minimum atomic E-state index is -0.259. The molecule has 5 nitrogen and oxygen atoms in total. The molecule has 1 fully saturated rings. The second-order valence-corrected chi connectivity index (χ2v) is 5.97. The van der Waals surface area contributed by atoms with Gasteiger partial charge in [0.1, 0.15) is 30.7 Å². The summed E-state index contributed by atoms with van der Waals surface area (Å²) in [5.41, 5.74) is 1.01. The lowest BCUT2D eigenvalue weighted by Gasteiger charge is -2.31. The van der Waals surface area contributed by atoms with Gasteiger partial charge in [-0.15, -0.1) is 0 Å². The van der Waals surface area contributed by atoms with Gasteiger partial charge in [-0.2, -0.15) is 0 Å². The minimum Gasteiger partial charge on any atom is -0.465 e. The van der Waals surface area contributed by atoms with E-state index >= 15 is 0 Å². The molecular formula is C19H22FN2O3+. The minimum absolute atomic E-state index is 0.0606. The monoisotopic (exact) mass is 345 g/mol. The van der Waals surface area contributed by atoms with Crippen molar-refractivity contribution < 1.29 is 23.2 Å². The van der Waals surface area contributed by atoms with Crippen LogP contribution < -0.4 is 10.2 Å². The fourth-order valence-corrected chi connectivity index (χ4v) is 2.98. The number of morpholine rings is 1. The maximum absolute atomic E-state index is 13.2. The standard InChI is InChI=1S/C19H21FN2O3/c20-16-5-3-15(4-6-16)18(22-9-12-24-13-10-22)14-21-19(23)8-7-17-2-1-11-25-17/h1-8,11,18H,9-10,12-14H2,(H,21,23)/p+1/b8-7+/t18-/m1/s1. The highest BCUT2D eigenvalue weighted by Crippen LogP contribution is 2.11. The van der Waals surface area contributed by atoms with Gasteiger partial charge >= 0.3 is 0 Å². The second kappa shape index (κ2) is 8.60. The molecule has 2 aromatic rings. The predicted molar refractivity (Wildman–Crippen MR) is 91.4 cm³/mol. The van der Waals surface area contributed by atoms with E-state index < -0.39 is 0 Å². The Kier molecular flexibility index (Phi) is 5.98. The normalized spacial score (nSPS) is 16.8. The van der Waals surface area contributed by atoms with E-state index in [4.69, 9.17) is 9.15 Å². The molecule has 0 unspecified atom stereocenters. The molecule has 1 saturated heterocycles. The van der Waals surface area contributed by atoms with Crippen LogP contribution in [0, 0.1) is 5.82 Å². The molecule has 0 bridgehead atoms. The van der Waals surface area contributed by atoms with Crippen molar-refractivity contribution in [1.29, 1.82) is 0 Å². The number of hydrogen-bond donors (Lipinski definition) is 2. The van der Waals surface area contributed by atoms with Gasteiger partial charge in [0.05, 0.1) is 26.0 Å². The van der Waals surface area contributed by atoms with Gasteiger partial charge in [-0.05, 0) is 30.3 Å². The van der Waals surface area contributed by atoms with Crippen LogP contribution in [0.3, 0.4) is 0 Å². The third-order valence-corrected chi connectivity index (χ3v) is 4.32.